The van der Waals surface area contributed by atoms with Crippen molar-refractivity contribution >= 4 is 34.8 Å². The Morgan fingerprint density at radius 2 is 1.78 bits per heavy atom. The summed E-state index contributed by atoms with van der Waals surface area (Å²) in [7, 11) is 0. The summed E-state index contributed by atoms with van der Waals surface area (Å²) >= 11 is 18.2. The van der Waals surface area contributed by atoms with Gasteiger partial charge in [0.05, 0.1) is 10.0 Å². The molecule has 0 aliphatic heterocycles. The second kappa shape index (κ2) is 6.39. The van der Waals surface area contributed by atoms with Crippen molar-refractivity contribution in [3.63, 3.8) is 0 Å². The minimum absolute atomic E-state index is 0.503. The average Bonchev–Trinajstić information content (AvgIpc) is 2.39. The van der Waals surface area contributed by atoms with Gasteiger partial charge in [-0.2, -0.15) is 0 Å². The van der Waals surface area contributed by atoms with Gasteiger partial charge in [-0.05, 0) is 23.8 Å². The van der Waals surface area contributed by atoms with Crippen LogP contribution in [0.4, 0.5) is 0 Å². The van der Waals surface area contributed by atoms with Crippen molar-refractivity contribution in [3.8, 4) is 0 Å². The SMILES string of the molecule is Clc1ccc(Cl)c(CNCc2cccnc2)c1Cl. The van der Waals surface area contributed by atoms with E-state index in [1.807, 2.05) is 18.3 Å². The van der Waals surface area contributed by atoms with Gasteiger partial charge in [0.2, 0.25) is 0 Å². The molecule has 2 aromatic rings. The lowest BCUT2D eigenvalue weighted by atomic mass is 10.2. The number of rotatable bonds is 4. The van der Waals surface area contributed by atoms with E-state index in [1.54, 1.807) is 18.3 Å². The third-order valence-corrected chi connectivity index (χ3v) is 3.69. The molecule has 0 spiro atoms. The van der Waals surface area contributed by atoms with Gasteiger partial charge in [0.1, 0.15) is 0 Å². The topological polar surface area (TPSA) is 24.9 Å². The highest BCUT2D eigenvalue weighted by atomic mass is 35.5. The first kappa shape index (κ1) is 13.6. The zero-order valence-electron chi connectivity index (χ0n) is 9.46. The highest BCUT2D eigenvalue weighted by molar-refractivity contribution is 6.44. The van der Waals surface area contributed by atoms with Crippen molar-refractivity contribution in [2.75, 3.05) is 0 Å². The van der Waals surface area contributed by atoms with Gasteiger partial charge < -0.3 is 5.32 Å². The molecule has 0 unspecified atom stereocenters. The highest BCUT2D eigenvalue weighted by Crippen LogP contribution is 2.31. The summed E-state index contributed by atoms with van der Waals surface area (Å²) < 4.78 is 0. The fourth-order valence-corrected chi connectivity index (χ4v) is 2.25. The molecule has 18 heavy (non-hydrogen) atoms. The molecule has 94 valence electrons. The van der Waals surface area contributed by atoms with E-state index in [2.05, 4.69) is 10.3 Å². The zero-order chi connectivity index (χ0) is 13.0. The molecule has 1 N–H and O–H groups in total. The first-order valence-corrected chi connectivity index (χ1v) is 6.54. The molecule has 2 nitrogen and oxygen atoms in total. The van der Waals surface area contributed by atoms with Crippen LogP contribution >= 0.6 is 34.8 Å². The third kappa shape index (κ3) is 3.36. The van der Waals surface area contributed by atoms with Crippen LogP contribution in [0.1, 0.15) is 11.1 Å². The molecule has 0 radical (unpaired) electrons. The van der Waals surface area contributed by atoms with Gasteiger partial charge in [-0.3, -0.25) is 4.98 Å². The Labute approximate surface area is 121 Å². The van der Waals surface area contributed by atoms with Crippen molar-refractivity contribution in [2.24, 2.45) is 0 Å². The van der Waals surface area contributed by atoms with Gasteiger partial charge in [0.25, 0.3) is 0 Å². The molecule has 0 aliphatic rings. The summed E-state index contributed by atoms with van der Waals surface area (Å²) in [4.78, 5) is 4.05. The molecule has 0 saturated carbocycles. The van der Waals surface area contributed by atoms with Gasteiger partial charge in [0.15, 0.2) is 0 Å². The number of benzene rings is 1. The van der Waals surface area contributed by atoms with E-state index in [0.717, 1.165) is 11.1 Å². The number of aromatic nitrogens is 1. The van der Waals surface area contributed by atoms with E-state index >= 15 is 0 Å². The molecule has 0 saturated heterocycles. The van der Waals surface area contributed by atoms with Crippen LogP contribution in [-0.2, 0) is 13.1 Å². The normalized spacial score (nSPS) is 10.6. The van der Waals surface area contributed by atoms with Crippen LogP contribution in [0.25, 0.3) is 0 Å². The Kier molecular flexibility index (Phi) is 4.84. The number of hydrogen-bond acceptors (Lipinski definition) is 2. The standard InChI is InChI=1S/C13H11Cl3N2/c14-11-3-4-12(15)13(16)10(11)8-18-7-9-2-1-5-17-6-9/h1-6,18H,7-8H2. The second-order valence-corrected chi connectivity index (χ2v) is 4.98. The number of nitrogens with zero attached hydrogens (tertiary/aromatic N) is 1. The Bertz CT molecular complexity index is 529. The van der Waals surface area contributed by atoms with Gasteiger partial charge in [-0.15, -0.1) is 0 Å². The van der Waals surface area contributed by atoms with Crippen LogP contribution in [-0.4, -0.2) is 4.98 Å². The highest BCUT2D eigenvalue weighted by Gasteiger charge is 2.08. The Balaban J connectivity index is 2.01. The van der Waals surface area contributed by atoms with E-state index < -0.39 is 0 Å². The molecule has 0 atom stereocenters. The largest absolute Gasteiger partial charge is 0.308 e. The monoisotopic (exact) mass is 300 g/mol. The minimum atomic E-state index is 0.503. The van der Waals surface area contributed by atoms with Gasteiger partial charge in [-0.1, -0.05) is 40.9 Å². The van der Waals surface area contributed by atoms with E-state index in [-0.39, 0.29) is 0 Å². The zero-order valence-corrected chi connectivity index (χ0v) is 11.7. The van der Waals surface area contributed by atoms with Crippen molar-refractivity contribution < 1.29 is 0 Å². The van der Waals surface area contributed by atoms with Crippen molar-refractivity contribution in [1.29, 1.82) is 0 Å². The smallest absolute Gasteiger partial charge is 0.0652 e. The molecule has 1 aromatic carbocycles. The summed E-state index contributed by atoms with van der Waals surface area (Å²) in [6.45, 7) is 1.26. The first-order valence-electron chi connectivity index (χ1n) is 5.40. The number of hydrogen-bond donors (Lipinski definition) is 1. The van der Waals surface area contributed by atoms with Crippen molar-refractivity contribution in [2.45, 2.75) is 13.1 Å². The van der Waals surface area contributed by atoms with Gasteiger partial charge in [0, 0.05) is 36.1 Å². The van der Waals surface area contributed by atoms with Crippen LogP contribution in [0.3, 0.4) is 0 Å². The fourth-order valence-electron chi connectivity index (χ4n) is 1.57. The minimum Gasteiger partial charge on any atom is -0.308 e. The molecule has 5 heteroatoms. The van der Waals surface area contributed by atoms with E-state index in [9.17, 15) is 0 Å². The molecule has 0 amide bonds. The first-order chi connectivity index (χ1) is 8.68. The van der Waals surface area contributed by atoms with Crippen molar-refractivity contribution in [1.82, 2.24) is 10.3 Å². The van der Waals surface area contributed by atoms with Crippen molar-refractivity contribution in [3.05, 3.63) is 62.9 Å². The van der Waals surface area contributed by atoms with E-state index in [0.29, 0.717) is 28.2 Å². The summed E-state index contributed by atoms with van der Waals surface area (Å²) in [6, 6.07) is 7.34. The Morgan fingerprint density at radius 3 is 2.50 bits per heavy atom. The Morgan fingerprint density at radius 1 is 1.00 bits per heavy atom. The quantitative estimate of drug-likeness (QED) is 0.850. The lowest BCUT2D eigenvalue weighted by molar-refractivity contribution is 0.692. The number of halogens is 3. The maximum atomic E-state index is 6.11. The summed E-state index contributed by atoms with van der Waals surface area (Å²) in [5.41, 5.74) is 1.92. The van der Waals surface area contributed by atoms with E-state index in [4.69, 9.17) is 34.8 Å². The van der Waals surface area contributed by atoms with Crippen LogP contribution < -0.4 is 5.32 Å². The van der Waals surface area contributed by atoms with Crippen LogP contribution in [0.2, 0.25) is 15.1 Å². The Hall–Kier alpha value is -0.800. The molecule has 0 bridgehead atoms. The summed E-state index contributed by atoms with van der Waals surface area (Å²) in [5, 5.41) is 4.89. The van der Waals surface area contributed by atoms with Gasteiger partial charge in [-0.25, -0.2) is 0 Å². The van der Waals surface area contributed by atoms with Crippen LogP contribution in [0.15, 0.2) is 36.7 Å². The average molecular weight is 302 g/mol. The maximum Gasteiger partial charge on any atom is 0.0652 e. The lowest BCUT2D eigenvalue weighted by Gasteiger charge is -2.09. The third-order valence-electron chi connectivity index (χ3n) is 2.49. The van der Waals surface area contributed by atoms with Crippen LogP contribution in [0.5, 0.6) is 0 Å². The predicted molar refractivity (Wildman–Crippen MR) is 76.3 cm³/mol. The molecule has 0 aliphatic carbocycles. The molecular formula is C13H11Cl3N2. The lowest BCUT2D eigenvalue weighted by Crippen LogP contribution is -2.13. The molecular weight excluding hydrogens is 291 g/mol. The molecule has 1 aromatic heterocycles. The second-order valence-electron chi connectivity index (χ2n) is 3.79. The number of pyridine rings is 1. The number of nitrogens with one attached hydrogen (secondary N) is 1. The van der Waals surface area contributed by atoms with Gasteiger partial charge >= 0.3 is 0 Å². The van der Waals surface area contributed by atoms with Crippen LogP contribution in [0, 0.1) is 0 Å². The van der Waals surface area contributed by atoms with E-state index in [1.165, 1.54) is 0 Å². The predicted octanol–water partition coefficient (Wildman–Crippen LogP) is 4.33. The molecule has 2 rings (SSSR count). The maximum absolute atomic E-state index is 6.11. The fraction of sp³-hybridized carbons (Fsp3) is 0.154. The molecule has 1 heterocycles. The summed E-state index contributed by atoms with van der Waals surface area (Å²) in [5.74, 6) is 0. The molecule has 0 fully saturated rings. The summed E-state index contributed by atoms with van der Waals surface area (Å²) in [6.07, 6.45) is 3.56.